The first-order valence-corrected chi connectivity index (χ1v) is 6.33. The molecule has 0 saturated carbocycles. The van der Waals surface area contributed by atoms with Crippen LogP contribution in [0.15, 0.2) is 59.8 Å². The maximum Gasteiger partial charge on any atom is 0.107 e. The quantitative estimate of drug-likeness (QED) is 0.366. The molecule has 0 aromatic heterocycles. The van der Waals surface area contributed by atoms with Crippen LogP contribution >= 0.6 is 0 Å². The van der Waals surface area contributed by atoms with Crippen LogP contribution in [-0.2, 0) is 6.54 Å². The van der Waals surface area contributed by atoms with Crippen LogP contribution in [-0.4, -0.2) is 0 Å². The van der Waals surface area contributed by atoms with E-state index in [2.05, 4.69) is 53.7 Å². The Morgan fingerprint density at radius 3 is 2.26 bits per heavy atom. The smallest absolute Gasteiger partial charge is 0.107 e. The second-order valence-corrected chi connectivity index (χ2v) is 4.87. The van der Waals surface area contributed by atoms with E-state index < -0.39 is 0 Å². The van der Waals surface area contributed by atoms with Gasteiger partial charge >= 0.3 is 0 Å². The summed E-state index contributed by atoms with van der Waals surface area (Å²) < 4.78 is 0. The largest absolute Gasteiger partial charge is 0.150 e. The molecule has 0 atom stereocenters. The van der Waals surface area contributed by atoms with E-state index in [1.165, 1.54) is 26.9 Å². The van der Waals surface area contributed by atoms with E-state index in [1.54, 1.807) is 0 Å². The maximum atomic E-state index is 10.7. The van der Waals surface area contributed by atoms with Crippen molar-refractivity contribution in [2.24, 2.45) is 5.18 Å². The van der Waals surface area contributed by atoms with Crippen molar-refractivity contribution in [1.29, 1.82) is 0 Å². The number of nitroso groups, excluding NO2 is 1. The van der Waals surface area contributed by atoms with Crippen molar-refractivity contribution in [2.45, 2.75) is 6.54 Å². The van der Waals surface area contributed by atoms with Crippen LogP contribution in [0.1, 0.15) is 5.56 Å². The third-order valence-electron chi connectivity index (χ3n) is 3.83. The zero-order chi connectivity index (χ0) is 12.8. The molecule has 0 saturated heterocycles. The lowest BCUT2D eigenvalue weighted by atomic mass is 9.91. The molecule has 0 unspecified atom stereocenters. The lowest BCUT2D eigenvalue weighted by Gasteiger charge is -2.13. The Kier molecular flexibility index (Phi) is 2.06. The molecule has 4 aromatic carbocycles. The second-order valence-electron chi connectivity index (χ2n) is 4.87. The Bertz CT molecular complexity index is 911. The normalized spacial score (nSPS) is 11.6. The minimum atomic E-state index is 0.226. The lowest BCUT2D eigenvalue weighted by Crippen LogP contribution is -1.89. The van der Waals surface area contributed by atoms with Gasteiger partial charge in [-0.05, 0) is 43.9 Å². The third kappa shape index (κ3) is 1.37. The van der Waals surface area contributed by atoms with Crippen molar-refractivity contribution in [3.63, 3.8) is 0 Å². The summed E-state index contributed by atoms with van der Waals surface area (Å²) >= 11 is 0. The highest BCUT2D eigenvalue weighted by molar-refractivity contribution is 6.23. The average Bonchev–Trinajstić information content (AvgIpc) is 2.46. The molecule has 4 aromatic rings. The summed E-state index contributed by atoms with van der Waals surface area (Å²) in [5.74, 6) is 0. The van der Waals surface area contributed by atoms with Crippen LogP contribution in [0, 0.1) is 4.91 Å². The molecule has 0 bridgehead atoms. The van der Waals surface area contributed by atoms with Crippen LogP contribution in [0.3, 0.4) is 0 Å². The fourth-order valence-corrected chi connectivity index (χ4v) is 3.04. The second kappa shape index (κ2) is 3.75. The Morgan fingerprint density at radius 2 is 1.47 bits per heavy atom. The van der Waals surface area contributed by atoms with Gasteiger partial charge in [0.05, 0.1) is 0 Å². The van der Waals surface area contributed by atoms with Crippen molar-refractivity contribution >= 4 is 32.3 Å². The molecule has 90 valence electrons. The molecule has 2 nitrogen and oxygen atoms in total. The van der Waals surface area contributed by atoms with Crippen molar-refractivity contribution in [2.75, 3.05) is 0 Å². The van der Waals surface area contributed by atoms with E-state index in [1.807, 2.05) is 6.07 Å². The Labute approximate surface area is 110 Å². The van der Waals surface area contributed by atoms with Gasteiger partial charge in [-0.2, -0.15) is 4.91 Å². The van der Waals surface area contributed by atoms with Gasteiger partial charge in [-0.15, -0.1) is 0 Å². The molecule has 0 fully saturated rings. The van der Waals surface area contributed by atoms with E-state index >= 15 is 0 Å². The standard InChI is InChI=1S/C17H11NO/c19-18-10-14-9-13-5-1-3-11-7-8-12-4-2-6-15(14)17(12)16(11)13/h1-9H,10H2. The number of benzene rings is 4. The maximum absolute atomic E-state index is 10.7. The lowest BCUT2D eigenvalue weighted by molar-refractivity contribution is 1.07. The van der Waals surface area contributed by atoms with Gasteiger partial charge in [0.15, 0.2) is 0 Å². The van der Waals surface area contributed by atoms with Gasteiger partial charge in [-0.1, -0.05) is 53.7 Å². The van der Waals surface area contributed by atoms with Crippen molar-refractivity contribution in [3.05, 3.63) is 65.1 Å². The highest BCUT2D eigenvalue weighted by Gasteiger charge is 2.11. The predicted octanol–water partition coefficient (Wildman–Crippen LogP) is 4.85. The molecule has 4 rings (SSSR count). The molecule has 2 heteroatoms. The van der Waals surface area contributed by atoms with E-state index in [9.17, 15) is 4.91 Å². The zero-order valence-electron chi connectivity index (χ0n) is 10.3. The van der Waals surface area contributed by atoms with Gasteiger partial charge in [0.1, 0.15) is 6.54 Å². The van der Waals surface area contributed by atoms with Crippen molar-refractivity contribution < 1.29 is 0 Å². The molecule has 0 aliphatic carbocycles. The molecule has 19 heavy (non-hydrogen) atoms. The Morgan fingerprint density at radius 1 is 0.789 bits per heavy atom. The summed E-state index contributed by atoms with van der Waals surface area (Å²) in [6.07, 6.45) is 0. The van der Waals surface area contributed by atoms with Crippen LogP contribution in [0.5, 0.6) is 0 Å². The number of hydrogen-bond donors (Lipinski definition) is 0. The predicted molar refractivity (Wildman–Crippen MR) is 79.6 cm³/mol. The van der Waals surface area contributed by atoms with Gasteiger partial charge in [0.2, 0.25) is 0 Å². The molecule has 0 amide bonds. The van der Waals surface area contributed by atoms with E-state index in [0.717, 1.165) is 10.9 Å². The number of rotatable bonds is 2. The minimum Gasteiger partial charge on any atom is -0.150 e. The fraction of sp³-hybridized carbons (Fsp3) is 0.0588. The van der Waals surface area contributed by atoms with Gasteiger partial charge in [-0.25, -0.2) is 0 Å². The molecule has 0 N–H and O–H groups in total. The Balaban J connectivity index is 2.35. The number of hydrogen-bond acceptors (Lipinski definition) is 2. The van der Waals surface area contributed by atoms with Gasteiger partial charge in [-0.3, -0.25) is 0 Å². The van der Waals surface area contributed by atoms with Crippen LogP contribution in [0.2, 0.25) is 0 Å². The summed E-state index contributed by atoms with van der Waals surface area (Å²) in [6.45, 7) is 0.226. The molecule has 0 aliphatic rings. The van der Waals surface area contributed by atoms with E-state index in [4.69, 9.17) is 0 Å². The first kappa shape index (κ1) is 10.4. The Hall–Kier alpha value is -2.48. The summed E-state index contributed by atoms with van der Waals surface area (Å²) in [6, 6.07) is 18.9. The van der Waals surface area contributed by atoms with Gasteiger partial charge < -0.3 is 0 Å². The summed E-state index contributed by atoms with van der Waals surface area (Å²) in [5, 5.41) is 10.4. The van der Waals surface area contributed by atoms with Crippen LogP contribution < -0.4 is 0 Å². The number of nitrogens with zero attached hydrogens (tertiary/aromatic N) is 1. The molecule has 0 aliphatic heterocycles. The summed E-state index contributed by atoms with van der Waals surface area (Å²) in [7, 11) is 0. The summed E-state index contributed by atoms with van der Waals surface area (Å²) in [5.41, 5.74) is 1.01. The van der Waals surface area contributed by atoms with E-state index in [0.29, 0.717) is 0 Å². The highest BCUT2D eigenvalue weighted by atomic mass is 16.3. The SMILES string of the molecule is O=NCc1cc2cccc3ccc4cccc1c4c32. The molecule has 0 radical (unpaired) electrons. The first-order chi connectivity index (χ1) is 9.38. The highest BCUT2D eigenvalue weighted by Crippen LogP contribution is 2.36. The van der Waals surface area contributed by atoms with Crippen LogP contribution in [0.4, 0.5) is 0 Å². The average molecular weight is 245 g/mol. The monoisotopic (exact) mass is 245 g/mol. The zero-order valence-corrected chi connectivity index (χ0v) is 10.3. The minimum absolute atomic E-state index is 0.226. The van der Waals surface area contributed by atoms with Crippen LogP contribution in [0.25, 0.3) is 32.3 Å². The van der Waals surface area contributed by atoms with Crippen molar-refractivity contribution in [1.82, 2.24) is 0 Å². The summed E-state index contributed by atoms with van der Waals surface area (Å²) in [4.78, 5) is 10.7. The van der Waals surface area contributed by atoms with Gasteiger partial charge in [0.25, 0.3) is 0 Å². The van der Waals surface area contributed by atoms with Gasteiger partial charge in [0, 0.05) is 0 Å². The first-order valence-electron chi connectivity index (χ1n) is 6.33. The topological polar surface area (TPSA) is 29.4 Å². The third-order valence-corrected chi connectivity index (χ3v) is 3.83. The van der Waals surface area contributed by atoms with E-state index in [-0.39, 0.29) is 6.54 Å². The van der Waals surface area contributed by atoms with Crippen molar-refractivity contribution in [3.8, 4) is 0 Å². The molecule has 0 heterocycles. The molecular formula is C17H11NO. The fourth-order valence-electron chi connectivity index (χ4n) is 3.04. The molecular weight excluding hydrogens is 234 g/mol. The molecule has 0 spiro atoms.